The van der Waals surface area contributed by atoms with Crippen LogP contribution in [0.15, 0.2) is 54.9 Å². The van der Waals surface area contributed by atoms with Crippen molar-refractivity contribution >= 4 is 34.2 Å². The third kappa shape index (κ3) is 3.27. The molecule has 0 unspecified atom stereocenters. The molecular formula is C16H11ClFIN2. The Hall–Kier alpha value is -1.40. The van der Waals surface area contributed by atoms with E-state index in [1.54, 1.807) is 12.3 Å². The molecule has 0 aliphatic heterocycles. The highest BCUT2D eigenvalue weighted by Crippen LogP contribution is 2.23. The van der Waals surface area contributed by atoms with Crippen LogP contribution in [0.25, 0.3) is 11.4 Å². The third-order valence-corrected chi connectivity index (χ3v) is 4.19. The lowest BCUT2D eigenvalue weighted by molar-refractivity contribution is 0.623. The summed E-state index contributed by atoms with van der Waals surface area (Å²) in [6, 6.07) is 12.5. The van der Waals surface area contributed by atoms with Crippen molar-refractivity contribution in [2.75, 3.05) is 0 Å². The number of benzene rings is 2. The van der Waals surface area contributed by atoms with Crippen LogP contribution in [-0.4, -0.2) is 9.55 Å². The van der Waals surface area contributed by atoms with Gasteiger partial charge in [0.15, 0.2) is 0 Å². The largest absolute Gasteiger partial charge is 0.327 e. The summed E-state index contributed by atoms with van der Waals surface area (Å²) in [5.74, 6) is 0.555. The lowest BCUT2D eigenvalue weighted by Gasteiger charge is -2.10. The van der Waals surface area contributed by atoms with Crippen LogP contribution in [0.2, 0.25) is 5.02 Å². The molecule has 3 rings (SSSR count). The molecule has 0 saturated carbocycles. The zero-order valence-electron chi connectivity index (χ0n) is 10.9. The van der Waals surface area contributed by atoms with Gasteiger partial charge in [0, 0.05) is 26.5 Å². The zero-order chi connectivity index (χ0) is 14.8. The highest BCUT2D eigenvalue weighted by molar-refractivity contribution is 14.1. The first-order valence-electron chi connectivity index (χ1n) is 6.34. The van der Waals surface area contributed by atoms with Gasteiger partial charge in [0.1, 0.15) is 11.6 Å². The molecular weight excluding hydrogens is 402 g/mol. The van der Waals surface area contributed by atoms with E-state index in [0.29, 0.717) is 11.6 Å². The van der Waals surface area contributed by atoms with E-state index >= 15 is 0 Å². The minimum atomic E-state index is -0.287. The fraction of sp³-hybridized carbons (Fsp3) is 0.0625. The number of imidazole rings is 1. The maximum absolute atomic E-state index is 13.4. The first-order valence-corrected chi connectivity index (χ1v) is 7.80. The first kappa shape index (κ1) is 14.5. The number of halogens is 3. The van der Waals surface area contributed by atoms with Crippen LogP contribution in [0.1, 0.15) is 5.56 Å². The normalized spacial score (nSPS) is 10.8. The van der Waals surface area contributed by atoms with E-state index in [2.05, 4.69) is 33.6 Å². The summed E-state index contributed by atoms with van der Waals surface area (Å²) in [7, 11) is 0. The van der Waals surface area contributed by atoms with Crippen LogP contribution < -0.4 is 0 Å². The molecule has 0 saturated heterocycles. The quantitative estimate of drug-likeness (QED) is 0.554. The van der Waals surface area contributed by atoms with Gasteiger partial charge >= 0.3 is 0 Å². The van der Waals surface area contributed by atoms with Crippen molar-refractivity contribution in [1.82, 2.24) is 9.55 Å². The lowest BCUT2D eigenvalue weighted by atomic mass is 10.2. The van der Waals surface area contributed by atoms with Gasteiger partial charge in [-0.2, -0.15) is 0 Å². The molecule has 2 nitrogen and oxygen atoms in total. The van der Waals surface area contributed by atoms with E-state index in [4.69, 9.17) is 11.6 Å². The Morgan fingerprint density at radius 1 is 1.19 bits per heavy atom. The second kappa shape index (κ2) is 6.15. The molecule has 0 N–H and O–H groups in total. The zero-order valence-corrected chi connectivity index (χ0v) is 13.8. The van der Waals surface area contributed by atoms with Gasteiger partial charge in [0.05, 0.1) is 6.54 Å². The van der Waals surface area contributed by atoms with Gasteiger partial charge in [-0.3, -0.25) is 0 Å². The SMILES string of the molecule is Fc1ccc(Cl)c(Cn2ccnc2-c2cccc(I)c2)c1. The van der Waals surface area contributed by atoms with E-state index in [0.717, 1.165) is 20.5 Å². The van der Waals surface area contributed by atoms with Gasteiger partial charge in [0.25, 0.3) is 0 Å². The molecule has 1 heterocycles. The molecule has 21 heavy (non-hydrogen) atoms. The van der Waals surface area contributed by atoms with Gasteiger partial charge in [-0.1, -0.05) is 23.7 Å². The molecule has 0 spiro atoms. The molecule has 1 aromatic heterocycles. The van der Waals surface area contributed by atoms with E-state index in [-0.39, 0.29) is 5.82 Å². The minimum Gasteiger partial charge on any atom is -0.327 e. The lowest BCUT2D eigenvalue weighted by Crippen LogP contribution is -2.02. The van der Waals surface area contributed by atoms with Gasteiger partial charge in [-0.15, -0.1) is 0 Å². The average Bonchev–Trinajstić information content (AvgIpc) is 2.91. The fourth-order valence-corrected chi connectivity index (χ4v) is 2.89. The Bertz CT molecular complexity index is 785. The van der Waals surface area contributed by atoms with Crippen molar-refractivity contribution in [3.8, 4) is 11.4 Å². The van der Waals surface area contributed by atoms with Crippen molar-refractivity contribution in [1.29, 1.82) is 0 Å². The number of hydrogen-bond donors (Lipinski definition) is 0. The molecule has 0 fully saturated rings. The second-order valence-corrected chi connectivity index (χ2v) is 6.28. The molecule has 5 heteroatoms. The van der Waals surface area contributed by atoms with E-state index in [1.807, 2.05) is 29.0 Å². The predicted molar refractivity (Wildman–Crippen MR) is 90.9 cm³/mol. The van der Waals surface area contributed by atoms with Gasteiger partial charge in [-0.05, 0) is 58.5 Å². The Kier molecular flexibility index (Phi) is 4.26. The molecule has 0 aliphatic rings. The Labute approximate surface area is 140 Å². The Morgan fingerprint density at radius 2 is 2.05 bits per heavy atom. The number of nitrogens with zero attached hydrogens (tertiary/aromatic N) is 2. The van der Waals surface area contributed by atoms with E-state index < -0.39 is 0 Å². The highest BCUT2D eigenvalue weighted by atomic mass is 127. The van der Waals surface area contributed by atoms with Crippen molar-refractivity contribution in [3.63, 3.8) is 0 Å². The summed E-state index contributed by atoms with van der Waals surface area (Å²) in [6.07, 6.45) is 3.61. The van der Waals surface area contributed by atoms with Gasteiger partial charge < -0.3 is 4.57 Å². The Balaban J connectivity index is 1.98. The summed E-state index contributed by atoms with van der Waals surface area (Å²) in [5, 5.41) is 0.554. The second-order valence-electron chi connectivity index (χ2n) is 4.62. The standard InChI is InChI=1S/C16H11ClFIN2/c17-15-5-4-13(18)8-12(15)10-21-7-6-20-16(21)11-2-1-3-14(19)9-11/h1-9H,10H2. The van der Waals surface area contributed by atoms with Crippen LogP contribution in [-0.2, 0) is 6.54 Å². The monoisotopic (exact) mass is 412 g/mol. The first-order chi connectivity index (χ1) is 10.1. The van der Waals surface area contributed by atoms with Gasteiger partial charge in [0.2, 0.25) is 0 Å². The van der Waals surface area contributed by atoms with E-state index in [1.165, 1.54) is 12.1 Å². The van der Waals surface area contributed by atoms with Crippen LogP contribution >= 0.6 is 34.2 Å². The van der Waals surface area contributed by atoms with Gasteiger partial charge in [-0.25, -0.2) is 9.37 Å². The fourth-order valence-electron chi connectivity index (χ4n) is 2.17. The predicted octanol–water partition coefficient (Wildman–Crippen LogP) is 5.00. The van der Waals surface area contributed by atoms with Crippen molar-refractivity contribution in [2.45, 2.75) is 6.54 Å². The molecule has 0 bridgehead atoms. The van der Waals surface area contributed by atoms with Crippen LogP contribution in [0, 0.1) is 9.39 Å². The highest BCUT2D eigenvalue weighted by Gasteiger charge is 2.09. The minimum absolute atomic E-state index is 0.287. The van der Waals surface area contributed by atoms with Crippen molar-refractivity contribution < 1.29 is 4.39 Å². The van der Waals surface area contributed by atoms with Crippen molar-refractivity contribution in [3.05, 3.63) is 74.8 Å². The summed E-state index contributed by atoms with van der Waals surface area (Å²) in [5.41, 5.74) is 1.76. The number of rotatable bonds is 3. The topological polar surface area (TPSA) is 17.8 Å². The maximum atomic E-state index is 13.4. The molecule has 0 aliphatic carbocycles. The number of hydrogen-bond acceptors (Lipinski definition) is 1. The maximum Gasteiger partial charge on any atom is 0.140 e. The molecule has 2 aromatic carbocycles. The summed E-state index contributed by atoms with van der Waals surface area (Å²) < 4.78 is 16.5. The summed E-state index contributed by atoms with van der Waals surface area (Å²) in [6.45, 7) is 0.484. The van der Waals surface area contributed by atoms with Crippen LogP contribution in [0.3, 0.4) is 0 Å². The summed E-state index contributed by atoms with van der Waals surface area (Å²) >= 11 is 8.40. The Morgan fingerprint density at radius 3 is 2.86 bits per heavy atom. The molecule has 0 atom stereocenters. The molecule has 0 radical (unpaired) electrons. The smallest absolute Gasteiger partial charge is 0.140 e. The summed E-state index contributed by atoms with van der Waals surface area (Å²) in [4.78, 5) is 4.40. The van der Waals surface area contributed by atoms with Crippen LogP contribution in [0.5, 0.6) is 0 Å². The average molecular weight is 413 g/mol. The molecule has 106 valence electrons. The molecule has 3 aromatic rings. The van der Waals surface area contributed by atoms with Crippen molar-refractivity contribution in [2.24, 2.45) is 0 Å². The third-order valence-electron chi connectivity index (χ3n) is 3.15. The number of aromatic nitrogens is 2. The molecule has 0 amide bonds. The van der Waals surface area contributed by atoms with Crippen LogP contribution in [0.4, 0.5) is 4.39 Å². The van der Waals surface area contributed by atoms with E-state index in [9.17, 15) is 4.39 Å².